The van der Waals surface area contributed by atoms with Crippen LogP contribution in [0.1, 0.15) is 24.8 Å². The van der Waals surface area contributed by atoms with Gasteiger partial charge in [-0.2, -0.15) is 13.2 Å². The van der Waals surface area contributed by atoms with Gasteiger partial charge in [0.05, 0.1) is 23.3 Å². The Bertz CT molecular complexity index is 1560. The van der Waals surface area contributed by atoms with Gasteiger partial charge in [-0.25, -0.2) is 23.6 Å². The number of alkyl halides is 3. The maximum absolute atomic E-state index is 14.8. The molecular formula is C28H22F5N5. The molecule has 10 heteroatoms. The van der Waals surface area contributed by atoms with Crippen LogP contribution in [0.5, 0.6) is 0 Å². The Balaban J connectivity index is 1.75. The van der Waals surface area contributed by atoms with Gasteiger partial charge in [-0.1, -0.05) is 30.7 Å². The lowest BCUT2D eigenvalue weighted by atomic mass is 9.96. The van der Waals surface area contributed by atoms with E-state index in [0.29, 0.717) is 35.5 Å². The molecule has 1 saturated heterocycles. The summed E-state index contributed by atoms with van der Waals surface area (Å²) in [6.45, 7) is 8.30. The summed E-state index contributed by atoms with van der Waals surface area (Å²) in [7, 11) is 0. The second kappa shape index (κ2) is 9.99. The summed E-state index contributed by atoms with van der Waals surface area (Å²) in [4.78, 5) is 14.4. The highest BCUT2D eigenvalue weighted by molar-refractivity contribution is 5.96. The van der Waals surface area contributed by atoms with Gasteiger partial charge in [-0.3, -0.25) is 0 Å². The summed E-state index contributed by atoms with van der Waals surface area (Å²) < 4.78 is 70.6. The number of halogens is 5. The van der Waals surface area contributed by atoms with E-state index >= 15 is 0 Å². The van der Waals surface area contributed by atoms with Gasteiger partial charge >= 0.3 is 6.18 Å². The van der Waals surface area contributed by atoms with Crippen LogP contribution >= 0.6 is 0 Å². The smallest absolute Gasteiger partial charge is 0.339 e. The number of anilines is 1. The first-order chi connectivity index (χ1) is 18.2. The maximum atomic E-state index is 14.8. The van der Waals surface area contributed by atoms with Gasteiger partial charge in [0.15, 0.2) is 0 Å². The molecule has 0 spiro atoms. The van der Waals surface area contributed by atoms with Crippen LogP contribution in [0.3, 0.4) is 0 Å². The topological polar surface area (TPSA) is 59.4 Å². The first-order valence-electron chi connectivity index (χ1n) is 12.0. The number of hydrogen-bond donors (Lipinski definition) is 1. The first-order valence-corrected chi connectivity index (χ1v) is 12.0. The van der Waals surface area contributed by atoms with Crippen molar-refractivity contribution in [1.82, 2.24) is 9.97 Å². The van der Waals surface area contributed by atoms with Crippen molar-refractivity contribution in [2.45, 2.75) is 31.5 Å². The van der Waals surface area contributed by atoms with Crippen molar-refractivity contribution in [3.05, 3.63) is 83.2 Å². The molecule has 4 aromatic rings. The number of nitrogens with two attached hydrogens (primary N) is 1. The van der Waals surface area contributed by atoms with E-state index in [1.807, 2.05) is 4.90 Å². The number of rotatable bonds is 3. The van der Waals surface area contributed by atoms with Gasteiger partial charge in [0.25, 0.3) is 0 Å². The second-order valence-corrected chi connectivity index (χ2v) is 9.24. The largest absolute Gasteiger partial charge is 0.417 e. The molecule has 0 radical (unpaired) electrons. The summed E-state index contributed by atoms with van der Waals surface area (Å²) in [6.07, 6.45) is -2.09. The number of nitrogens with zero attached hydrogens (tertiary/aromatic N) is 4. The molecule has 3 aromatic carbocycles. The Hall–Kier alpha value is -4.10. The fourth-order valence-electron chi connectivity index (χ4n) is 4.79. The zero-order chi connectivity index (χ0) is 27.0. The number of benzene rings is 3. The van der Waals surface area contributed by atoms with E-state index in [1.165, 1.54) is 30.3 Å². The molecule has 5 nitrogen and oxygen atoms in total. The van der Waals surface area contributed by atoms with Crippen molar-refractivity contribution in [3.8, 4) is 22.4 Å². The number of hydrogen-bond acceptors (Lipinski definition) is 4. The third kappa shape index (κ3) is 4.89. The van der Waals surface area contributed by atoms with Gasteiger partial charge < -0.3 is 10.6 Å². The standard InChI is InChI=1S/C28H22F5N5/c1-35-24-11-9-17(14-22(24)30)26-19-13-16(25-20(28(31,32)33)6-4-7-21(25)29)8-10-23(19)36-27(37-26)38-12-3-2-5-18(34)15-38/h4,6-11,13-14,18H,2-3,5,12,15,34H2/t18-/m0/s1. The van der Waals surface area contributed by atoms with Crippen LogP contribution in [0.4, 0.5) is 33.6 Å². The minimum Gasteiger partial charge on any atom is -0.339 e. The van der Waals surface area contributed by atoms with Crippen LogP contribution in [0.25, 0.3) is 38.1 Å². The third-order valence-electron chi connectivity index (χ3n) is 6.62. The third-order valence-corrected chi connectivity index (χ3v) is 6.62. The molecule has 38 heavy (non-hydrogen) atoms. The van der Waals surface area contributed by atoms with E-state index in [0.717, 1.165) is 43.5 Å². The van der Waals surface area contributed by atoms with Crippen LogP contribution < -0.4 is 10.6 Å². The Morgan fingerprint density at radius 3 is 2.47 bits per heavy atom. The minimum absolute atomic E-state index is 0.0180. The summed E-state index contributed by atoms with van der Waals surface area (Å²) in [6, 6.07) is 11.0. The van der Waals surface area contributed by atoms with E-state index < -0.39 is 28.9 Å². The van der Waals surface area contributed by atoms with Crippen LogP contribution in [-0.4, -0.2) is 29.1 Å². The van der Waals surface area contributed by atoms with Crippen LogP contribution in [0, 0.1) is 18.2 Å². The second-order valence-electron chi connectivity index (χ2n) is 9.24. The zero-order valence-corrected chi connectivity index (χ0v) is 20.1. The van der Waals surface area contributed by atoms with E-state index in [4.69, 9.17) is 17.3 Å². The fraction of sp³-hybridized carbons (Fsp3) is 0.250. The van der Waals surface area contributed by atoms with Crippen LogP contribution in [0.15, 0.2) is 54.6 Å². The highest BCUT2D eigenvalue weighted by atomic mass is 19.4. The lowest BCUT2D eigenvalue weighted by molar-refractivity contribution is -0.137. The van der Waals surface area contributed by atoms with Crippen molar-refractivity contribution in [3.63, 3.8) is 0 Å². The molecule has 5 rings (SSSR count). The molecule has 0 unspecified atom stereocenters. The Morgan fingerprint density at radius 2 is 1.74 bits per heavy atom. The molecule has 1 aliphatic rings. The quantitative estimate of drug-likeness (QED) is 0.229. The average molecular weight is 524 g/mol. The minimum atomic E-state index is -4.78. The Labute approximate surface area is 215 Å². The molecule has 0 amide bonds. The van der Waals surface area contributed by atoms with Crippen molar-refractivity contribution >= 4 is 22.5 Å². The van der Waals surface area contributed by atoms with Crippen molar-refractivity contribution in [2.75, 3.05) is 18.0 Å². The monoisotopic (exact) mass is 523 g/mol. The molecule has 1 aliphatic heterocycles. The maximum Gasteiger partial charge on any atom is 0.417 e. The lowest BCUT2D eigenvalue weighted by Crippen LogP contribution is -2.36. The highest BCUT2D eigenvalue weighted by Gasteiger charge is 2.35. The van der Waals surface area contributed by atoms with Crippen LogP contribution in [-0.2, 0) is 6.18 Å². The zero-order valence-electron chi connectivity index (χ0n) is 20.1. The number of aromatic nitrogens is 2. The summed E-state index contributed by atoms with van der Waals surface area (Å²) in [5.74, 6) is -1.43. The van der Waals surface area contributed by atoms with Gasteiger partial charge in [-0.15, -0.1) is 0 Å². The van der Waals surface area contributed by atoms with Crippen LogP contribution in [0.2, 0.25) is 0 Å². The van der Waals surface area contributed by atoms with Gasteiger partial charge in [0.2, 0.25) is 11.6 Å². The van der Waals surface area contributed by atoms with E-state index in [9.17, 15) is 22.0 Å². The molecular weight excluding hydrogens is 501 g/mol. The molecule has 2 N–H and O–H groups in total. The summed E-state index contributed by atoms with van der Waals surface area (Å²) in [5.41, 5.74) is 5.29. The predicted molar refractivity (Wildman–Crippen MR) is 136 cm³/mol. The van der Waals surface area contributed by atoms with Crippen molar-refractivity contribution in [2.24, 2.45) is 5.73 Å². The predicted octanol–water partition coefficient (Wildman–Crippen LogP) is 7.13. The van der Waals surface area contributed by atoms with Crippen molar-refractivity contribution < 1.29 is 22.0 Å². The SMILES string of the molecule is [C-]#[N+]c1ccc(-c2nc(N3CCCC[C@H](N)C3)nc3ccc(-c4c(F)cccc4C(F)(F)F)cc23)cc1F. The highest BCUT2D eigenvalue weighted by Crippen LogP contribution is 2.40. The lowest BCUT2D eigenvalue weighted by Gasteiger charge is -2.24. The fourth-order valence-corrected chi connectivity index (χ4v) is 4.79. The molecule has 1 aromatic heterocycles. The van der Waals surface area contributed by atoms with Crippen molar-refractivity contribution in [1.29, 1.82) is 0 Å². The Morgan fingerprint density at radius 1 is 0.947 bits per heavy atom. The Kier molecular flexibility index (Phi) is 6.71. The first kappa shape index (κ1) is 25.5. The van der Waals surface area contributed by atoms with E-state index in [-0.39, 0.29) is 23.0 Å². The molecule has 0 saturated carbocycles. The van der Waals surface area contributed by atoms with E-state index in [2.05, 4.69) is 9.83 Å². The van der Waals surface area contributed by atoms with E-state index in [1.54, 1.807) is 0 Å². The average Bonchev–Trinajstić information content (AvgIpc) is 3.11. The van der Waals surface area contributed by atoms with Gasteiger partial charge in [-0.05, 0) is 48.7 Å². The summed E-state index contributed by atoms with van der Waals surface area (Å²) in [5, 5.41) is 0.316. The van der Waals surface area contributed by atoms with Gasteiger partial charge in [0.1, 0.15) is 11.6 Å². The molecule has 2 heterocycles. The molecule has 0 aliphatic carbocycles. The number of fused-ring (bicyclic) bond motifs is 1. The molecule has 194 valence electrons. The van der Waals surface area contributed by atoms with Gasteiger partial charge in [0, 0.05) is 35.6 Å². The summed E-state index contributed by atoms with van der Waals surface area (Å²) >= 11 is 0. The molecule has 1 atom stereocenters. The molecule has 0 bridgehead atoms. The normalized spacial score (nSPS) is 16.3. The molecule has 1 fully saturated rings.